The van der Waals surface area contributed by atoms with E-state index in [2.05, 4.69) is 6.58 Å². The van der Waals surface area contributed by atoms with Crippen molar-refractivity contribution >= 4 is 12.0 Å². The van der Waals surface area contributed by atoms with E-state index >= 15 is 0 Å². The molecule has 20 heavy (non-hydrogen) atoms. The summed E-state index contributed by atoms with van der Waals surface area (Å²) < 4.78 is 5.42. The lowest BCUT2D eigenvalue weighted by atomic mass is 10.1. The van der Waals surface area contributed by atoms with Crippen molar-refractivity contribution < 1.29 is 24.5 Å². The van der Waals surface area contributed by atoms with Gasteiger partial charge in [-0.1, -0.05) is 6.08 Å². The molecule has 0 atom stereocenters. The number of carboxylic acid groups (broad SMARTS) is 1. The maximum absolute atomic E-state index is 12.2. The highest BCUT2D eigenvalue weighted by Gasteiger charge is 2.27. The number of likely N-dealkylation sites (tertiary alicyclic amines) is 1. The fourth-order valence-electron chi connectivity index (χ4n) is 2.16. The molecule has 0 saturated carbocycles. The minimum absolute atomic E-state index is 0.00906. The molecule has 2 amide bonds. The van der Waals surface area contributed by atoms with Crippen molar-refractivity contribution in [3.8, 4) is 0 Å². The molecule has 7 heteroatoms. The highest BCUT2D eigenvalue weighted by atomic mass is 16.5. The summed E-state index contributed by atoms with van der Waals surface area (Å²) in [5.74, 6) is -1.04. The lowest BCUT2D eigenvalue weighted by molar-refractivity contribution is -0.137. The molecule has 1 aliphatic rings. The maximum atomic E-state index is 12.2. The summed E-state index contributed by atoms with van der Waals surface area (Å²) >= 11 is 0. The molecule has 2 N–H and O–H groups in total. The number of ether oxygens (including phenoxy) is 1. The Balaban J connectivity index is 2.46. The Bertz CT molecular complexity index is 340. The second-order valence-corrected chi connectivity index (χ2v) is 4.63. The van der Waals surface area contributed by atoms with E-state index in [1.54, 1.807) is 4.90 Å². The maximum Gasteiger partial charge on any atom is 0.323 e. The average molecular weight is 286 g/mol. The van der Waals surface area contributed by atoms with Gasteiger partial charge in [0.1, 0.15) is 6.54 Å². The predicted molar refractivity (Wildman–Crippen MR) is 72.4 cm³/mol. The molecule has 1 heterocycles. The highest BCUT2D eigenvalue weighted by molar-refractivity contribution is 5.80. The molecule has 114 valence electrons. The van der Waals surface area contributed by atoms with Crippen molar-refractivity contribution in [2.24, 2.45) is 0 Å². The SMILES string of the molecule is C=CCN(CC(=O)O)C(=O)N1CCC(OCCO)CC1. The topological polar surface area (TPSA) is 90.3 Å². The first-order chi connectivity index (χ1) is 9.58. The Labute approximate surface area is 118 Å². The third kappa shape index (κ3) is 5.18. The van der Waals surface area contributed by atoms with Gasteiger partial charge in [-0.2, -0.15) is 0 Å². The van der Waals surface area contributed by atoms with Crippen molar-refractivity contribution in [2.75, 3.05) is 39.4 Å². The van der Waals surface area contributed by atoms with Crippen LogP contribution in [0.4, 0.5) is 4.79 Å². The zero-order valence-electron chi connectivity index (χ0n) is 11.5. The van der Waals surface area contributed by atoms with Crippen LogP contribution in [0.2, 0.25) is 0 Å². The Kier molecular flexibility index (Phi) is 7.03. The van der Waals surface area contributed by atoms with Crippen LogP contribution >= 0.6 is 0 Å². The molecule has 1 fully saturated rings. The summed E-state index contributed by atoms with van der Waals surface area (Å²) in [6.45, 7) is 4.78. The van der Waals surface area contributed by atoms with Crippen LogP contribution < -0.4 is 0 Å². The normalized spacial score (nSPS) is 15.9. The van der Waals surface area contributed by atoms with Crippen molar-refractivity contribution in [1.82, 2.24) is 9.80 Å². The van der Waals surface area contributed by atoms with Gasteiger partial charge < -0.3 is 24.7 Å². The first-order valence-electron chi connectivity index (χ1n) is 6.67. The number of aliphatic hydroxyl groups excluding tert-OH is 1. The van der Waals surface area contributed by atoms with Gasteiger partial charge >= 0.3 is 12.0 Å². The number of nitrogens with zero attached hydrogens (tertiary/aromatic N) is 2. The molecule has 1 aliphatic heterocycles. The van der Waals surface area contributed by atoms with Gasteiger partial charge in [0.2, 0.25) is 0 Å². The lowest BCUT2D eigenvalue weighted by Gasteiger charge is -2.34. The van der Waals surface area contributed by atoms with Gasteiger partial charge in [-0.15, -0.1) is 6.58 Å². The second kappa shape index (κ2) is 8.55. The smallest absolute Gasteiger partial charge is 0.323 e. The summed E-state index contributed by atoms with van der Waals surface area (Å²) in [5, 5.41) is 17.5. The first-order valence-corrected chi connectivity index (χ1v) is 6.67. The molecule has 7 nitrogen and oxygen atoms in total. The van der Waals surface area contributed by atoms with Crippen molar-refractivity contribution in [3.63, 3.8) is 0 Å². The van der Waals surface area contributed by atoms with Gasteiger partial charge in [-0.25, -0.2) is 4.79 Å². The number of hydrogen-bond donors (Lipinski definition) is 2. The quantitative estimate of drug-likeness (QED) is 0.650. The van der Waals surface area contributed by atoms with Crippen LogP contribution in [0.5, 0.6) is 0 Å². The number of carboxylic acids is 1. The molecule has 0 bridgehead atoms. The molecule has 0 radical (unpaired) electrons. The average Bonchev–Trinajstić information content (AvgIpc) is 2.44. The van der Waals surface area contributed by atoms with Crippen LogP contribution in [-0.2, 0) is 9.53 Å². The van der Waals surface area contributed by atoms with Crippen LogP contribution in [0.25, 0.3) is 0 Å². The minimum Gasteiger partial charge on any atom is -0.480 e. The number of amides is 2. The second-order valence-electron chi connectivity index (χ2n) is 4.63. The van der Waals surface area contributed by atoms with E-state index in [1.165, 1.54) is 11.0 Å². The van der Waals surface area contributed by atoms with Gasteiger partial charge in [0.15, 0.2) is 0 Å². The van der Waals surface area contributed by atoms with E-state index < -0.39 is 5.97 Å². The molecule has 0 spiro atoms. The van der Waals surface area contributed by atoms with Gasteiger partial charge in [-0.3, -0.25) is 4.79 Å². The lowest BCUT2D eigenvalue weighted by Crippen LogP contribution is -2.49. The largest absolute Gasteiger partial charge is 0.480 e. The molecule has 0 aromatic rings. The fourth-order valence-corrected chi connectivity index (χ4v) is 2.16. The third-order valence-electron chi connectivity index (χ3n) is 3.10. The van der Waals surface area contributed by atoms with Gasteiger partial charge in [0.05, 0.1) is 19.3 Å². The Morgan fingerprint density at radius 3 is 2.55 bits per heavy atom. The van der Waals surface area contributed by atoms with E-state index in [4.69, 9.17) is 14.9 Å². The van der Waals surface area contributed by atoms with Gasteiger partial charge in [-0.05, 0) is 12.8 Å². The molecule has 0 aromatic heterocycles. The fraction of sp³-hybridized carbons (Fsp3) is 0.692. The Hall–Kier alpha value is -1.60. The van der Waals surface area contributed by atoms with Crippen LogP contribution in [0.3, 0.4) is 0 Å². The molecule has 1 rings (SSSR count). The van der Waals surface area contributed by atoms with Crippen LogP contribution in [-0.4, -0.2) is 77.5 Å². The third-order valence-corrected chi connectivity index (χ3v) is 3.10. The molecule has 1 saturated heterocycles. The van der Waals surface area contributed by atoms with E-state index in [-0.39, 0.29) is 31.8 Å². The standard InChI is InChI=1S/C13H22N2O5/c1-2-5-15(10-12(17)18)13(19)14-6-3-11(4-7-14)20-9-8-16/h2,11,16H,1,3-10H2,(H,17,18). The van der Waals surface area contributed by atoms with E-state index in [9.17, 15) is 9.59 Å². The van der Waals surface area contributed by atoms with E-state index in [0.29, 0.717) is 32.5 Å². The predicted octanol–water partition coefficient (Wildman–Crippen LogP) is 0.152. The molecular formula is C13H22N2O5. The van der Waals surface area contributed by atoms with Crippen molar-refractivity contribution in [2.45, 2.75) is 18.9 Å². The highest BCUT2D eigenvalue weighted by Crippen LogP contribution is 2.15. The number of aliphatic carboxylic acids is 1. The Morgan fingerprint density at radius 1 is 1.40 bits per heavy atom. The van der Waals surface area contributed by atoms with E-state index in [1.807, 2.05) is 0 Å². The number of aliphatic hydroxyl groups is 1. The number of carbonyl (C=O) groups excluding carboxylic acids is 1. The number of hydrogen-bond acceptors (Lipinski definition) is 4. The summed E-state index contributed by atoms with van der Waals surface area (Å²) in [5.41, 5.74) is 0. The van der Waals surface area contributed by atoms with Crippen molar-refractivity contribution in [3.05, 3.63) is 12.7 Å². The number of carbonyl (C=O) groups is 2. The minimum atomic E-state index is -1.04. The first kappa shape index (κ1) is 16.5. The summed E-state index contributed by atoms with van der Waals surface area (Å²) in [6.07, 6.45) is 2.96. The molecule has 0 unspecified atom stereocenters. The Morgan fingerprint density at radius 2 is 2.05 bits per heavy atom. The summed E-state index contributed by atoms with van der Waals surface area (Å²) in [6, 6.07) is -0.284. The van der Waals surface area contributed by atoms with Crippen LogP contribution in [0.15, 0.2) is 12.7 Å². The number of urea groups is 1. The van der Waals surface area contributed by atoms with Crippen molar-refractivity contribution in [1.29, 1.82) is 0 Å². The monoisotopic (exact) mass is 286 g/mol. The molecular weight excluding hydrogens is 264 g/mol. The zero-order chi connectivity index (χ0) is 15.0. The van der Waals surface area contributed by atoms with Crippen LogP contribution in [0, 0.1) is 0 Å². The summed E-state index contributed by atoms with van der Waals surface area (Å²) in [7, 11) is 0. The van der Waals surface area contributed by atoms with Crippen LogP contribution in [0.1, 0.15) is 12.8 Å². The van der Waals surface area contributed by atoms with Gasteiger partial charge in [0, 0.05) is 19.6 Å². The number of rotatable bonds is 7. The zero-order valence-corrected chi connectivity index (χ0v) is 11.5. The number of piperidine rings is 1. The van der Waals surface area contributed by atoms with Gasteiger partial charge in [0.25, 0.3) is 0 Å². The molecule has 0 aliphatic carbocycles. The summed E-state index contributed by atoms with van der Waals surface area (Å²) in [4.78, 5) is 25.8. The van der Waals surface area contributed by atoms with E-state index in [0.717, 1.165) is 0 Å². The molecule has 0 aromatic carbocycles.